The number of benzene rings is 1. The summed E-state index contributed by atoms with van der Waals surface area (Å²) in [5.41, 5.74) is 15.8. The molecule has 2 aromatic rings. The highest BCUT2D eigenvalue weighted by molar-refractivity contribution is 6.30. The molecule has 7 nitrogen and oxygen atoms in total. The first-order chi connectivity index (χ1) is 14.6. The molecule has 0 spiro atoms. The van der Waals surface area contributed by atoms with Crippen LogP contribution in [0.3, 0.4) is 0 Å². The number of nitriles is 1. The van der Waals surface area contributed by atoms with E-state index in [2.05, 4.69) is 24.9 Å². The van der Waals surface area contributed by atoms with Crippen molar-refractivity contribution in [3.8, 4) is 6.07 Å². The molecule has 0 saturated carbocycles. The molecule has 1 aliphatic carbocycles. The Bertz CT molecular complexity index is 1180. The molecule has 160 valence electrons. The van der Waals surface area contributed by atoms with Crippen LogP contribution >= 0.6 is 11.6 Å². The van der Waals surface area contributed by atoms with E-state index in [9.17, 15) is 10.1 Å². The minimum atomic E-state index is -0.483. The van der Waals surface area contributed by atoms with E-state index in [4.69, 9.17) is 23.1 Å². The predicted octanol–water partition coefficient (Wildman–Crippen LogP) is 3.84. The quantitative estimate of drug-likeness (QED) is 0.735. The number of carbonyl (C=O) groups excluding carboxylic acids is 1. The molecule has 1 aromatic carbocycles. The van der Waals surface area contributed by atoms with Crippen LogP contribution in [0.15, 0.2) is 35.5 Å². The van der Waals surface area contributed by atoms with Crippen LogP contribution in [0.2, 0.25) is 5.02 Å². The largest absolute Gasteiger partial charge is 0.397 e. The van der Waals surface area contributed by atoms with Gasteiger partial charge in [0, 0.05) is 48.3 Å². The van der Waals surface area contributed by atoms with Gasteiger partial charge in [0.2, 0.25) is 0 Å². The zero-order valence-corrected chi connectivity index (χ0v) is 18.8. The molecule has 2 aliphatic rings. The number of hydrogen-bond donors (Lipinski definition) is 2. The SMILES string of the molecule is CN(C)N1C2=C(C(=O)CC(C)(C)C2)C(c2cccc(Cl)c2)c2c1nc(N)c(C#N)c2N. The summed E-state index contributed by atoms with van der Waals surface area (Å²) in [6, 6.07) is 9.45. The summed E-state index contributed by atoms with van der Waals surface area (Å²) in [5, 5.41) is 14.0. The predicted molar refractivity (Wildman–Crippen MR) is 122 cm³/mol. The highest BCUT2D eigenvalue weighted by Crippen LogP contribution is 2.53. The Kier molecular flexibility index (Phi) is 4.95. The second-order valence-corrected chi connectivity index (χ2v) is 9.52. The molecule has 1 aliphatic heterocycles. The smallest absolute Gasteiger partial charge is 0.162 e. The number of allylic oxidation sites excluding steroid dienone is 2. The van der Waals surface area contributed by atoms with E-state index in [-0.39, 0.29) is 28.3 Å². The van der Waals surface area contributed by atoms with Crippen LogP contribution in [-0.4, -0.2) is 29.9 Å². The number of aromatic nitrogens is 1. The van der Waals surface area contributed by atoms with Crippen LogP contribution in [0.25, 0.3) is 0 Å². The van der Waals surface area contributed by atoms with Crippen LogP contribution in [0.5, 0.6) is 0 Å². The van der Waals surface area contributed by atoms with Gasteiger partial charge in [-0.1, -0.05) is 37.6 Å². The first-order valence-electron chi connectivity index (χ1n) is 10.0. The van der Waals surface area contributed by atoms with E-state index >= 15 is 0 Å². The van der Waals surface area contributed by atoms with Gasteiger partial charge in [-0.2, -0.15) is 5.26 Å². The molecule has 31 heavy (non-hydrogen) atoms. The number of pyridine rings is 1. The number of rotatable bonds is 2. The van der Waals surface area contributed by atoms with Crippen molar-refractivity contribution in [2.75, 3.05) is 30.6 Å². The van der Waals surface area contributed by atoms with Crippen molar-refractivity contribution >= 4 is 34.7 Å². The van der Waals surface area contributed by atoms with E-state index in [0.717, 1.165) is 11.3 Å². The van der Waals surface area contributed by atoms with Gasteiger partial charge in [0.05, 0.1) is 5.69 Å². The van der Waals surface area contributed by atoms with E-state index in [1.54, 1.807) is 6.07 Å². The average molecular weight is 437 g/mol. The number of hydrogen-bond acceptors (Lipinski definition) is 7. The van der Waals surface area contributed by atoms with Crippen LogP contribution in [-0.2, 0) is 4.79 Å². The van der Waals surface area contributed by atoms with Gasteiger partial charge in [-0.3, -0.25) is 9.80 Å². The van der Waals surface area contributed by atoms with Gasteiger partial charge in [-0.25, -0.2) is 9.99 Å². The van der Waals surface area contributed by atoms with Gasteiger partial charge in [0.25, 0.3) is 0 Å². The van der Waals surface area contributed by atoms with Crippen LogP contribution in [0.1, 0.15) is 49.3 Å². The van der Waals surface area contributed by atoms with E-state index in [0.29, 0.717) is 34.8 Å². The Morgan fingerprint density at radius 3 is 2.61 bits per heavy atom. The fraction of sp³-hybridized carbons (Fsp3) is 0.348. The van der Waals surface area contributed by atoms with E-state index in [1.165, 1.54) is 0 Å². The molecule has 4 rings (SSSR count). The van der Waals surface area contributed by atoms with Crippen molar-refractivity contribution in [3.05, 3.63) is 57.2 Å². The van der Waals surface area contributed by atoms with Crippen molar-refractivity contribution in [2.45, 2.75) is 32.6 Å². The van der Waals surface area contributed by atoms with Gasteiger partial charge >= 0.3 is 0 Å². The van der Waals surface area contributed by atoms with Crippen molar-refractivity contribution in [1.82, 2.24) is 9.99 Å². The third-order valence-corrected chi connectivity index (χ3v) is 6.14. The van der Waals surface area contributed by atoms with Gasteiger partial charge in [0.1, 0.15) is 17.5 Å². The van der Waals surface area contributed by atoms with Crippen molar-refractivity contribution in [1.29, 1.82) is 5.26 Å². The molecule has 1 unspecified atom stereocenters. The highest BCUT2D eigenvalue weighted by atomic mass is 35.5. The number of carbonyl (C=O) groups is 1. The number of hydrazine groups is 1. The lowest BCUT2D eigenvalue weighted by molar-refractivity contribution is -0.118. The minimum absolute atomic E-state index is 0.0588. The summed E-state index contributed by atoms with van der Waals surface area (Å²) in [7, 11) is 3.76. The Balaban J connectivity index is 2.13. The summed E-state index contributed by atoms with van der Waals surface area (Å²) in [6.07, 6.45) is 1.11. The maximum Gasteiger partial charge on any atom is 0.162 e. The van der Waals surface area contributed by atoms with Gasteiger partial charge < -0.3 is 11.5 Å². The molecule has 0 saturated heterocycles. The third-order valence-electron chi connectivity index (χ3n) is 5.91. The molecular formula is C23H25ClN6O. The number of nitrogen functional groups attached to an aromatic ring is 2. The molecule has 0 amide bonds. The van der Waals surface area contributed by atoms with Crippen molar-refractivity contribution in [3.63, 3.8) is 0 Å². The number of nitrogens with zero attached hydrogens (tertiary/aromatic N) is 4. The molecule has 4 N–H and O–H groups in total. The maximum atomic E-state index is 13.5. The Morgan fingerprint density at radius 1 is 1.29 bits per heavy atom. The molecular weight excluding hydrogens is 412 g/mol. The Hall–Kier alpha value is -3.08. The summed E-state index contributed by atoms with van der Waals surface area (Å²) in [4.78, 5) is 18.1. The van der Waals surface area contributed by atoms with Gasteiger partial charge in [-0.05, 0) is 29.5 Å². The fourth-order valence-electron chi connectivity index (χ4n) is 4.73. The lowest BCUT2D eigenvalue weighted by atomic mass is 9.68. The Morgan fingerprint density at radius 2 is 2.00 bits per heavy atom. The summed E-state index contributed by atoms with van der Waals surface area (Å²) in [6.45, 7) is 4.17. The summed E-state index contributed by atoms with van der Waals surface area (Å²) in [5.74, 6) is 0.182. The minimum Gasteiger partial charge on any atom is -0.397 e. The average Bonchev–Trinajstić information content (AvgIpc) is 2.65. The molecule has 0 bridgehead atoms. The summed E-state index contributed by atoms with van der Waals surface area (Å²) < 4.78 is 0. The highest BCUT2D eigenvalue weighted by Gasteiger charge is 2.46. The Labute approximate surface area is 186 Å². The van der Waals surface area contributed by atoms with Crippen LogP contribution < -0.4 is 16.5 Å². The zero-order valence-electron chi connectivity index (χ0n) is 18.0. The second kappa shape index (κ2) is 7.26. The number of anilines is 3. The van der Waals surface area contributed by atoms with Crippen molar-refractivity contribution in [2.24, 2.45) is 5.41 Å². The van der Waals surface area contributed by atoms with E-state index in [1.807, 2.05) is 42.3 Å². The fourth-order valence-corrected chi connectivity index (χ4v) is 4.93. The monoisotopic (exact) mass is 436 g/mol. The number of halogens is 1. The van der Waals surface area contributed by atoms with E-state index < -0.39 is 5.92 Å². The number of fused-ring (bicyclic) bond motifs is 1. The lowest BCUT2D eigenvalue weighted by Crippen LogP contribution is -2.46. The molecule has 8 heteroatoms. The van der Waals surface area contributed by atoms with Crippen LogP contribution in [0.4, 0.5) is 17.3 Å². The third kappa shape index (κ3) is 3.32. The summed E-state index contributed by atoms with van der Waals surface area (Å²) >= 11 is 6.31. The molecule has 2 heterocycles. The standard InChI is InChI=1S/C23H25ClN6O/c1-23(2)9-15-18(16(31)10-23)17(12-6-5-7-13(24)8-12)19-20(26)14(11-25)21(27)28-22(19)30(15)29(3)4/h5-8,17H,9-10H2,1-4H3,(H4,26,27,28). The normalized spacial score (nSPS) is 19.8. The first-order valence-corrected chi connectivity index (χ1v) is 10.4. The van der Waals surface area contributed by atoms with Gasteiger partial charge in [-0.15, -0.1) is 0 Å². The zero-order chi connectivity index (χ0) is 22.7. The lowest BCUT2D eigenvalue weighted by Gasteiger charge is -2.46. The molecule has 1 atom stereocenters. The first kappa shape index (κ1) is 21.2. The van der Waals surface area contributed by atoms with Crippen molar-refractivity contribution < 1.29 is 4.79 Å². The maximum absolute atomic E-state index is 13.5. The number of ketones is 1. The second-order valence-electron chi connectivity index (χ2n) is 9.08. The van der Waals surface area contributed by atoms with Crippen LogP contribution in [0, 0.1) is 16.7 Å². The van der Waals surface area contributed by atoms with Gasteiger partial charge in [0.15, 0.2) is 11.6 Å². The topological polar surface area (TPSA) is 112 Å². The number of Topliss-reactive ketones (excluding diaryl/α,β-unsaturated/α-hetero) is 1. The molecule has 1 aromatic heterocycles. The number of nitrogens with two attached hydrogens (primary N) is 2. The molecule has 0 radical (unpaired) electrons. The molecule has 0 fully saturated rings.